The molecule has 1 aromatic heterocycles. The second-order valence-corrected chi connectivity index (χ2v) is 42.5. The van der Waals surface area contributed by atoms with Crippen LogP contribution in [-0.2, 0) is 45.9 Å². The van der Waals surface area contributed by atoms with E-state index in [-0.39, 0.29) is 75.5 Å². The maximum atomic E-state index is 14.6. The standard InChI is InChI=1S/C36H39N11S6.C34H28N4O2S8.C16H22N2O6S4/c1-25(26-18-12-9-13-19-26)51-34(48)45(6)42(3)31-39-32(43(4)46(7)35(49)52-29(24-37)27-20-14-10-15-21-27)41-33(40-31)44(5)47(8)36(50)53-30(38-2)28-22-16-11-17-23-28;39-30-35(29(41)24-45-28-19-11-4-12-20-28)36(32(42)46-21-25-13-5-1-6-14-25)31(40)38(34(44)48-23-27-17-9-3-10-18-27)37(30)33(43)47-22-26-15-7-2-8-16-26;1-5-23-13(21)9(3)27-15(25)17-11(19)7-8-12(20)18(17)16(26)28-10(4)14(22)24-6-2/h9-23,25,29-30H,1,3-8H3;1-20H,21-24H2;9-10H,5-8H2,1-4H3. The van der Waals surface area contributed by atoms with E-state index >= 15 is 0 Å². The quantitative estimate of drug-likeness (QED) is 0.0153. The number of amides is 6. The van der Waals surface area contributed by atoms with E-state index in [0.29, 0.717) is 36.2 Å². The molecule has 0 spiro atoms. The Labute approximate surface area is 839 Å². The van der Waals surface area contributed by atoms with E-state index in [1.54, 1.807) is 92.7 Å². The number of esters is 2. The molecule has 3 heterocycles. The highest BCUT2D eigenvalue weighted by molar-refractivity contribution is 8.26. The highest BCUT2D eigenvalue weighted by Crippen LogP contribution is 2.39. The van der Waals surface area contributed by atoms with Crippen molar-refractivity contribution in [2.75, 3.05) is 76.3 Å². The number of hydrogen-bond donors (Lipinski definition) is 0. The number of carbonyl (C=O) groups excluding carboxylic acids is 6. The van der Waals surface area contributed by atoms with Crippen molar-refractivity contribution >= 4 is 309 Å². The fraction of sp³-hybridized carbons (Fsp3) is 0.279. The number of anilines is 3. The van der Waals surface area contributed by atoms with E-state index in [9.17, 15) is 34.0 Å². The monoisotopic (exact) mass is 2060 g/mol. The van der Waals surface area contributed by atoms with Crippen molar-refractivity contribution in [1.82, 2.24) is 60.0 Å². The lowest BCUT2D eigenvalue weighted by molar-refractivity contribution is -0.152. The van der Waals surface area contributed by atoms with Crippen molar-refractivity contribution < 1.29 is 38.2 Å². The van der Waals surface area contributed by atoms with Crippen LogP contribution in [0.3, 0.4) is 0 Å². The van der Waals surface area contributed by atoms with Crippen LogP contribution in [0.25, 0.3) is 4.85 Å². The lowest BCUT2D eigenvalue weighted by Crippen LogP contribution is -2.72. The van der Waals surface area contributed by atoms with Crippen LogP contribution >= 0.6 is 216 Å². The number of aromatic nitrogens is 3. The van der Waals surface area contributed by atoms with Crippen molar-refractivity contribution in [3.05, 3.63) is 257 Å². The Morgan fingerprint density at radius 3 is 1.11 bits per heavy atom. The lowest BCUT2D eigenvalue weighted by atomic mass is 10.2. The fourth-order valence-electron chi connectivity index (χ4n) is 10.8. The minimum Gasteiger partial charge on any atom is -0.465 e. The summed E-state index contributed by atoms with van der Waals surface area (Å²) in [7, 11) is 10.9. The Kier molecular flexibility index (Phi) is 44.4. The zero-order chi connectivity index (χ0) is 94.0. The van der Waals surface area contributed by atoms with Gasteiger partial charge >= 0.3 is 29.4 Å². The number of carbonyl (C=O) groups is 6. The number of benzene rings is 7. The number of nitriles is 1. The fourth-order valence-corrected chi connectivity index (χ4v) is 21.8. The second-order valence-electron chi connectivity index (χ2n) is 26.8. The molecule has 0 aliphatic carbocycles. The molecule has 2 aliphatic rings. The summed E-state index contributed by atoms with van der Waals surface area (Å²) in [6, 6.07) is 69.3. The number of nitrogens with zero attached hydrogens (tertiary/aromatic N) is 17. The zero-order valence-electron chi connectivity index (χ0n) is 71.5. The molecular formula is C86H89N17O8S18. The molecule has 25 nitrogen and oxygen atoms in total. The van der Waals surface area contributed by atoms with Crippen LogP contribution in [0.4, 0.5) is 27.4 Å². The third-order valence-corrected chi connectivity index (χ3v) is 31.4. The summed E-state index contributed by atoms with van der Waals surface area (Å²) in [5, 5.41) is 24.8. The molecule has 2 fully saturated rings. The van der Waals surface area contributed by atoms with Crippen LogP contribution in [-0.4, -0.2) is 207 Å². The molecule has 43 heteroatoms. The molecule has 0 radical (unpaired) electrons. The average molecular weight is 2070 g/mol. The molecule has 2 aliphatic heterocycles. The smallest absolute Gasteiger partial charge is 0.370 e. The highest BCUT2D eigenvalue weighted by atomic mass is 32.2. The van der Waals surface area contributed by atoms with Gasteiger partial charge in [-0.3, -0.25) is 54.1 Å². The summed E-state index contributed by atoms with van der Waals surface area (Å²) >= 11 is 62.7. The molecule has 5 atom stereocenters. The minimum absolute atomic E-state index is 0.00495. The molecule has 2 saturated heterocycles. The molecule has 0 bridgehead atoms. The Hall–Kier alpha value is -8.29. The number of thioether (sulfide) groups is 9. The number of rotatable bonds is 27. The maximum Gasteiger partial charge on any atom is 0.370 e. The van der Waals surface area contributed by atoms with Crippen molar-refractivity contribution in [3.63, 3.8) is 0 Å². The normalized spacial score (nSPS) is 13.5. The molecule has 7 aromatic carbocycles. The van der Waals surface area contributed by atoms with Crippen LogP contribution in [0.2, 0.25) is 0 Å². The molecule has 0 saturated carbocycles. The van der Waals surface area contributed by atoms with Gasteiger partial charge in [-0.15, -0.1) is 11.8 Å². The van der Waals surface area contributed by atoms with Crippen molar-refractivity contribution in [2.24, 2.45) is 0 Å². The number of ether oxygens (including phenoxy) is 2. The van der Waals surface area contributed by atoms with Crippen LogP contribution in [0.15, 0.2) is 217 Å². The van der Waals surface area contributed by atoms with E-state index in [2.05, 4.69) is 30.0 Å². The van der Waals surface area contributed by atoms with Crippen molar-refractivity contribution in [1.29, 1.82) is 5.26 Å². The van der Waals surface area contributed by atoms with Crippen molar-refractivity contribution in [2.45, 2.75) is 96.0 Å². The third kappa shape index (κ3) is 31.2. The first kappa shape index (κ1) is 106. The first-order valence-electron chi connectivity index (χ1n) is 39.0. The predicted octanol–water partition coefficient (Wildman–Crippen LogP) is 20.8. The largest absolute Gasteiger partial charge is 0.465 e. The van der Waals surface area contributed by atoms with Crippen molar-refractivity contribution in [3.8, 4) is 6.07 Å². The number of urea groups is 2. The topological polar surface area (TPSA) is 227 Å². The molecule has 129 heavy (non-hydrogen) atoms. The SMILES string of the molecule is CCOC(=O)C(C)SC(=S)N1C(=O)CCC(=O)N1C(=S)SC(C)C(=O)OCC.O=C1N(C(=S)CSc2ccccc2)N(C(=S)SCc2ccccc2)C(=O)N(C(=S)SCc2ccccc2)N1C(=S)SCc1ccccc1.[C-]#[N+]C(SC(=S)N(C)N(C)c1nc(N(C)N(C)C(=S)SC(C)c2ccccc2)nc(N(C)N(C)C(=S)SC(C#N)c2ccccc2)n1)c1ccccc1. The molecule has 6 amide bonds. The van der Waals surface area contributed by atoms with Gasteiger partial charge in [-0.05, 0) is 86.3 Å². The Morgan fingerprint density at radius 1 is 0.434 bits per heavy atom. The summed E-state index contributed by atoms with van der Waals surface area (Å²) in [5.74, 6) is 0.770. The summed E-state index contributed by atoms with van der Waals surface area (Å²) in [4.78, 5) is 97.3. The Balaban J connectivity index is 0.000000250. The summed E-state index contributed by atoms with van der Waals surface area (Å²) < 4.78 is 11.9. The minimum atomic E-state index is -0.668. The Morgan fingerprint density at radius 2 is 0.752 bits per heavy atom. The van der Waals surface area contributed by atoms with Gasteiger partial charge < -0.3 is 9.47 Å². The Bertz CT molecular complexity index is 4950. The molecular weight excluding hydrogens is 1980 g/mol. The molecule has 10 rings (SSSR count). The summed E-state index contributed by atoms with van der Waals surface area (Å²) in [5.41, 5.74) is 5.92. The number of hydrazine groups is 6. The third-order valence-electron chi connectivity index (χ3n) is 18.0. The number of hydrogen-bond acceptors (Lipinski definition) is 33. The van der Waals surface area contributed by atoms with E-state index < -0.39 is 56.9 Å². The summed E-state index contributed by atoms with van der Waals surface area (Å²) in [6.45, 7) is 16.9. The van der Waals surface area contributed by atoms with Gasteiger partial charge in [0.15, 0.2) is 34.6 Å². The van der Waals surface area contributed by atoms with Gasteiger partial charge in [0.1, 0.15) is 20.7 Å². The van der Waals surface area contributed by atoms with Gasteiger partial charge in [0.25, 0.3) is 17.8 Å². The van der Waals surface area contributed by atoms with E-state index in [4.69, 9.17) is 141 Å². The van der Waals surface area contributed by atoms with Gasteiger partial charge in [-0.1, -0.05) is 392 Å². The molecule has 8 aromatic rings. The molecule has 5 unspecified atom stereocenters. The van der Waals surface area contributed by atoms with Crippen LogP contribution in [0, 0.1) is 17.9 Å². The first-order valence-corrected chi connectivity index (χ1v) is 51.1. The predicted molar refractivity (Wildman–Crippen MR) is 569 cm³/mol. The lowest BCUT2D eigenvalue weighted by Gasteiger charge is -2.47. The summed E-state index contributed by atoms with van der Waals surface area (Å²) in [6.07, 6.45) is -0.0466. The second kappa shape index (κ2) is 54.0. The van der Waals surface area contributed by atoms with Gasteiger partial charge in [0.05, 0.1) is 25.0 Å². The highest BCUT2D eigenvalue weighted by Gasteiger charge is 2.50. The first-order chi connectivity index (χ1) is 61.8. The number of thiocarbonyl (C=S) groups is 9. The van der Waals surface area contributed by atoms with Gasteiger partial charge in [0, 0.05) is 88.1 Å². The molecule has 674 valence electrons. The zero-order valence-corrected chi connectivity index (χ0v) is 86.2. The maximum absolute atomic E-state index is 14.6. The van der Waals surface area contributed by atoms with Gasteiger partial charge in [0.2, 0.25) is 11.8 Å². The van der Waals surface area contributed by atoms with Gasteiger partial charge in [-0.2, -0.15) is 50.3 Å². The van der Waals surface area contributed by atoms with E-state index in [1.165, 1.54) is 75.6 Å². The average Bonchev–Trinajstić information content (AvgIpc) is 0.747. The van der Waals surface area contributed by atoms with Crippen LogP contribution in [0.1, 0.15) is 96.7 Å². The van der Waals surface area contributed by atoms with E-state index in [1.807, 2.05) is 219 Å². The van der Waals surface area contributed by atoms with Crippen LogP contribution < -0.4 is 15.0 Å². The van der Waals surface area contributed by atoms with Crippen LogP contribution in [0.5, 0.6) is 0 Å². The van der Waals surface area contributed by atoms with E-state index in [0.717, 1.165) is 86.8 Å². The van der Waals surface area contributed by atoms with Gasteiger partial charge in [-0.25, -0.2) is 16.2 Å². The molecule has 0 N–H and O–H groups in total.